The maximum absolute atomic E-state index is 13.1. The largest absolute Gasteiger partial charge is 0.348 e. The van der Waals surface area contributed by atoms with E-state index in [2.05, 4.69) is 10.4 Å². The Morgan fingerprint density at radius 2 is 1.73 bits per heavy atom. The predicted molar refractivity (Wildman–Crippen MR) is 130 cm³/mol. The predicted octanol–water partition coefficient (Wildman–Crippen LogP) is 3.84. The summed E-state index contributed by atoms with van der Waals surface area (Å²) in [5, 5.41) is 9.56. The van der Waals surface area contributed by atoms with Gasteiger partial charge in [-0.1, -0.05) is 48.5 Å². The minimum Gasteiger partial charge on any atom is -0.348 e. The van der Waals surface area contributed by atoms with Crippen LogP contribution in [0.3, 0.4) is 0 Å². The second-order valence-electron chi connectivity index (χ2n) is 7.67. The Bertz CT molecular complexity index is 1330. The lowest BCUT2D eigenvalue weighted by Crippen LogP contribution is -2.23. The van der Waals surface area contributed by atoms with E-state index in [4.69, 9.17) is 0 Å². The molecule has 0 spiro atoms. The molecule has 2 aromatic heterocycles. The molecule has 0 aliphatic rings. The molecule has 0 aliphatic carbocycles. The first-order valence-corrected chi connectivity index (χ1v) is 12.6. The van der Waals surface area contributed by atoms with Gasteiger partial charge in [-0.2, -0.15) is 5.10 Å². The number of carbonyl (C=O) groups excluding carboxylic acids is 1. The van der Waals surface area contributed by atoms with Gasteiger partial charge in [0.05, 0.1) is 21.9 Å². The fourth-order valence-corrected chi connectivity index (χ4v) is 4.93. The highest BCUT2D eigenvalue weighted by atomic mass is 32.2. The number of amides is 1. The number of thiophene rings is 1. The van der Waals surface area contributed by atoms with Crippen molar-refractivity contribution in [2.45, 2.75) is 18.0 Å². The van der Waals surface area contributed by atoms with Crippen molar-refractivity contribution in [2.75, 3.05) is 14.1 Å². The summed E-state index contributed by atoms with van der Waals surface area (Å²) >= 11 is 1.53. The van der Waals surface area contributed by atoms with Crippen LogP contribution in [0.5, 0.6) is 0 Å². The van der Waals surface area contributed by atoms with Crippen LogP contribution in [0.2, 0.25) is 0 Å². The molecule has 4 aromatic rings. The molecule has 0 unspecified atom stereocenters. The van der Waals surface area contributed by atoms with Crippen LogP contribution in [0.4, 0.5) is 0 Å². The number of carbonyl (C=O) groups is 1. The molecule has 1 amide bonds. The number of rotatable bonds is 8. The molecular weight excluding hydrogens is 456 g/mol. The van der Waals surface area contributed by atoms with E-state index in [-0.39, 0.29) is 17.3 Å². The summed E-state index contributed by atoms with van der Waals surface area (Å²) in [7, 11) is -0.500. The summed E-state index contributed by atoms with van der Waals surface area (Å²) < 4.78 is 27.4. The maximum Gasteiger partial charge on any atom is 0.255 e. The van der Waals surface area contributed by atoms with Crippen LogP contribution in [-0.2, 0) is 23.1 Å². The van der Waals surface area contributed by atoms with Crippen LogP contribution in [0.15, 0.2) is 83.2 Å². The molecule has 33 heavy (non-hydrogen) atoms. The topological polar surface area (TPSA) is 84.3 Å². The van der Waals surface area contributed by atoms with Crippen LogP contribution in [0.1, 0.15) is 21.5 Å². The van der Waals surface area contributed by atoms with Gasteiger partial charge in [-0.25, -0.2) is 12.7 Å². The third-order valence-corrected chi connectivity index (χ3v) is 7.81. The minimum atomic E-state index is -3.49. The third kappa shape index (κ3) is 5.22. The summed E-state index contributed by atoms with van der Waals surface area (Å²) in [6, 6.07) is 20.3. The van der Waals surface area contributed by atoms with Gasteiger partial charge in [0, 0.05) is 26.8 Å². The molecule has 0 bridgehead atoms. The number of hydrogen-bond acceptors (Lipinski definition) is 5. The van der Waals surface area contributed by atoms with Gasteiger partial charge < -0.3 is 5.32 Å². The molecule has 0 fully saturated rings. The first kappa shape index (κ1) is 22.9. The number of nitrogens with one attached hydrogen (secondary N) is 1. The van der Waals surface area contributed by atoms with Gasteiger partial charge in [0.15, 0.2) is 0 Å². The lowest BCUT2D eigenvalue weighted by Gasteiger charge is -2.12. The van der Waals surface area contributed by atoms with Gasteiger partial charge in [-0.05, 0) is 34.7 Å². The zero-order valence-corrected chi connectivity index (χ0v) is 19.9. The molecule has 0 atom stereocenters. The van der Waals surface area contributed by atoms with E-state index in [1.165, 1.54) is 29.7 Å². The molecule has 2 heterocycles. The first-order chi connectivity index (χ1) is 15.8. The molecule has 0 saturated carbocycles. The lowest BCUT2D eigenvalue weighted by atomic mass is 10.2. The van der Waals surface area contributed by atoms with Crippen LogP contribution in [-0.4, -0.2) is 42.5 Å². The normalized spacial score (nSPS) is 11.6. The Balaban J connectivity index is 1.51. The highest BCUT2D eigenvalue weighted by Gasteiger charge is 2.19. The Labute approximate surface area is 197 Å². The van der Waals surface area contributed by atoms with Crippen molar-refractivity contribution in [3.8, 4) is 10.6 Å². The molecule has 0 saturated heterocycles. The van der Waals surface area contributed by atoms with E-state index in [1.54, 1.807) is 35.1 Å². The highest BCUT2D eigenvalue weighted by Crippen LogP contribution is 2.27. The van der Waals surface area contributed by atoms with Crippen LogP contribution >= 0.6 is 11.3 Å². The molecule has 4 rings (SSSR count). The molecule has 9 heteroatoms. The smallest absolute Gasteiger partial charge is 0.255 e. The molecule has 2 aromatic carbocycles. The van der Waals surface area contributed by atoms with Gasteiger partial charge >= 0.3 is 0 Å². The lowest BCUT2D eigenvalue weighted by molar-refractivity contribution is 0.0951. The van der Waals surface area contributed by atoms with Crippen molar-refractivity contribution < 1.29 is 13.2 Å². The van der Waals surface area contributed by atoms with Gasteiger partial charge in [0.25, 0.3) is 5.91 Å². The minimum absolute atomic E-state index is 0.213. The van der Waals surface area contributed by atoms with Gasteiger partial charge in [0.2, 0.25) is 10.0 Å². The number of hydrogen-bond donors (Lipinski definition) is 1. The summed E-state index contributed by atoms with van der Waals surface area (Å²) in [5.74, 6) is -0.234. The van der Waals surface area contributed by atoms with E-state index < -0.39 is 10.0 Å². The fraction of sp³-hybridized carbons (Fsp3) is 0.167. The van der Waals surface area contributed by atoms with Crippen LogP contribution < -0.4 is 5.32 Å². The van der Waals surface area contributed by atoms with E-state index in [1.807, 2.05) is 47.8 Å². The number of sulfonamides is 1. The number of nitrogens with zero attached hydrogens (tertiary/aromatic N) is 3. The van der Waals surface area contributed by atoms with Gasteiger partial charge in [0.1, 0.15) is 5.69 Å². The Morgan fingerprint density at radius 1 is 1.00 bits per heavy atom. The second kappa shape index (κ2) is 9.70. The Hall–Kier alpha value is -3.27. The van der Waals surface area contributed by atoms with Crippen molar-refractivity contribution >= 4 is 27.3 Å². The third-order valence-electron chi connectivity index (χ3n) is 5.10. The monoisotopic (exact) mass is 480 g/mol. The summed E-state index contributed by atoms with van der Waals surface area (Å²) in [5.41, 5.74) is 3.04. The SMILES string of the molecule is CN(C)S(=O)(=O)c1ccc(CNC(=O)c2cn(Cc3ccccc3)nc2-c2cccs2)cc1. The molecular formula is C24H24N4O3S2. The van der Waals surface area contributed by atoms with Gasteiger partial charge in [-0.15, -0.1) is 11.3 Å². The van der Waals surface area contributed by atoms with Crippen LogP contribution in [0, 0.1) is 0 Å². The quantitative estimate of drug-likeness (QED) is 0.415. The van der Waals surface area contributed by atoms with E-state index in [0.717, 1.165) is 16.0 Å². The molecule has 0 aliphatic heterocycles. The second-order valence-corrected chi connectivity index (χ2v) is 10.8. The van der Waals surface area contributed by atoms with Crippen molar-refractivity contribution in [3.05, 3.63) is 95.0 Å². The average molecular weight is 481 g/mol. The molecule has 1 N–H and O–H groups in total. The summed E-state index contributed by atoms with van der Waals surface area (Å²) in [6.07, 6.45) is 1.77. The van der Waals surface area contributed by atoms with Crippen LogP contribution in [0.25, 0.3) is 10.6 Å². The maximum atomic E-state index is 13.1. The van der Waals surface area contributed by atoms with Crippen molar-refractivity contribution in [3.63, 3.8) is 0 Å². The molecule has 170 valence electrons. The molecule has 0 radical (unpaired) electrons. The van der Waals surface area contributed by atoms with Crippen molar-refractivity contribution in [1.29, 1.82) is 0 Å². The number of aromatic nitrogens is 2. The number of benzene rings is 2. The zero-order valence-electron chi connectivity index (χ0n) is 18.3. The average Bonchev–Trinajstić information content (AvgIpc) is 3.48. The van der Waals surface area contributed by atoms with Gasteiger partial charge in [-0.3, -0.25) is 9.48 Å². The van der Waals surface area contributed by atoms with Crippen molar-refractivity contribution in [2.24, 2.45) is 0 Å². The van der Waals surface area contributed by atoms with Crippen molar-refractivity contribution in [1.82, 2.24) is 19.4 Å². The fourth-order valence-electron chi connectivity index (χ4n) is 3.30. The summed E-state index contributed by atoms with van der Waals surface area (Å²) in [6.45, 7) is 0.836. The van der Waals surface area contributed by atoms with E-state index in [0.29, 0.717) is 17.8 Å². The highest BCUT2D eigenvalue weighted by molar-refractivity contribution is 7.89. The Morgan fingerprint density at radius 3 is 2.36 bits per heavy atom. The first-order valence-electron chi connectivity index (χ1n) is 10.3. The standard InChI is InChI=1S/C24H24N4O3S2/c1-27(2)33(30,31)20-12-10-18(11-13-20)15-25-24(29)21-17-28(16-19-7-4-3-5-8-19)26-23(21)22-9-6-14-32-22/h3-14,17H,15-16H2,1-2H3,(H,25,29). The Kier molecular flexibility index (Phi) is 6.73. The van der Waals surface area contributed by atoms with E-state index >= 15 is 0 Å². The summed E-state index contributed by atoms with van der Waals surface area (Å²) in [4.78, 5) is 14.2. The molecule has 7 nitrogen and oxygen atoms in total. The van der Waals surface area contributed by atoms with E-state index in [9.17, 15) is 13.2 Å². The zero-order chi connectivity index (χ0) is 23.4.